The third-order valence-electron chi connectivity index (χ3n) is 7.53. The number of carboxylic acid groups (broad SMARTS) is 1. The molecule has 0 bridgehead atoms. The molecule has 0 unspecified atom stereocenters. The summed E-state index contributed by atoms with van der Waals surface area (Å²) in [6.45, 7) is 0.558. The van der Waals surface area contributed by atoms with Gasteiger partial charge in [0.15, 0.2) is 0 Å². The number of carbonyl (C=O) groups is 1. The van der Waals surface area contributed by atoms with Crippen LogP contribution in [0.25, 0.3) is 10.2 Å². The second-order valence-electron chi connectivity index (χ2n) is 10.3. The maximum atomic E-state index is 11.4. The number of methoxy groups -OCH3 is 1. The van der Waals surface area contributed by atoms with Gasteiger partial charge in [-0.1, -0.05) is 35.8 Å². The van der Waals surface area contributed by atoms with Crippen LogP contribution >= 0.6 is 11.3 Å². The van der Waals surface area contributed by atoms with Crippen molar-refractivity contribution in [1.29, 1.82) is 0 Å². The zero-order valence-corrected chi connectivity index (χ0v) is 21.3. The van der Waals surface area contributed by atoms with Crippen molar-refractivity contribution in [3.8, 4) is 5.75 Å². The van der Waals surface area contributed by atoms with Gasteiger partial charge in [-0.05, 0) is 50.2 Å². The number of ether oxygens (including phenoxy) is 2. The van der Waals surface area contributed by atoms with E-state index in [9.17, 15) is 9.90 Å². The highest BCUT2D eigenvalue weighted by molar-refractivity contribution is 7.22. The Hall–Kier alpha value is -2.78. The summed E-state index contributed by atoms with van der Waals surface area (Å²) in [5, 5.41) is 14.4. The van der Waals surface area contributed by atoms with Gasteiger partial charge < -0.3 is 19.1 Å². The summed E-state index contributed by atoms with van der Waals surface area (Å²) in [5.74, 6) is 2.29. The van der Waals surface area contributed by atoms with Crippen molar-refractivity contribution in [2.75, 3.05) is 7.11 Å². The molecule has 3 aliphatic rings. The number of fused-ring (bicyclic) bond motifs is 1. The quantitative estimate of drug-likeness (QED) is 0.274. The lowest BCUT2D eigenvalue weighted by Gasteiger charge is -2.29. The molecule has 6 rings (SSSR count). The lowest BCUT2D eigenvalue weighted by Crippen LogP contribution is -2.22. The molecule has 1 aromatic carbocycles. The molecular weight excluding hydrogens is 478 g/mol. The molecule has 3 fully saturated rings. The molecule has 0 radical (unpaired) electrons. The van der Waals surface area contributed by atoms with Gasteiger partial charge in [0.05, 0.1) is 35.8 Å². The average Bonchev–Trinajstić information content (AvgIpc) is 3.78. The highest BCUT2D eigenvalue weighted by atomic mass is 32.1. The minimum absolute atomic E-state index is 0.0792. The maximum absolute atomic E-state index is 11.4. The van der Waals surface area contributed by atoms with Crippen molar-refractivity contribution in [2.45, 2.75) is 82.3 Å². The van der Waals surface area contributed by atoms with Crippen LogP contribution in [-0.4, -0.2) is 40.6 Å². The van der Waals surface area contributed by atoms with Crippen LogP contribution in [0.2, 0.25) is 0 Å². The van der Waals surface area contributed by atoms with E-state index in [2.05, 4.69) is 15.1 Å². The van der Waals surface area contributed by atoms with Crippen LogP contribution in [0.15, 0.2) is 21.6 Å². The average molecular weight is 510 g/mol. The number of aromatic carboxylic acids is 1. The third-order valence-corrected chi connectivity index (χ3v) is 8.44. The number of hydrogen-bond acceptors (Lipinski definition) is 8. The largest absolute Gasteiger partial charge is 0.494 e. The maximum Gasteiger partial charge on any atom is 0.335 e. The van der Waals surface area contributed by atoms with E-state index in [1.165, 1.54) is 75.0 Å². The van der Waals surface area contributed by atoms with Crippen LogP contribution in [0.1, 0.15) is 97.0 Å². The van der Waals surface area contributed by atoms with E-state index in [0.717, 1.165) is 28.5 Å². The summed E-state index contributed by atoms with van der Waals surface area (Å²) < 4.78 is 18.4. The standard InChI is InChI=1S/C27H31N3O5S/c1-33-21-12-18(26(31)32)13-22-24(21)29-27(36-22)28-10-9-19(11-15-3-2-4-15)34-14-20-23(16-5-6-16)30-35-25(20)17-7-8-17/h10,12-13,15-17,19H,2-9,11,14H2,1H3,(H,31,32)/b28-10+/t19-/m1/s1. The molecule has 0 aliphatic heterocycles. The summed E-state index contributed by atoms with van der Waals surface area (Å²) in [5.41, 5.74) is 3.13. The topological polar surface area (TPSA) is 107 Å². The number of rotatable bonds is 12. The molecular formula is C27H31N3O5S. The van der Waals surface area contributed by atoms with Gasteiger partial charge in [0.25, 0.3) is 0 Å². The van der Waals surface area contributed by atoms with Gasteiger partial charge in [0, 0.05) is 30.0 Å². The predicted octanol–water partition coefficient (Wildman–Crippen LogP) is 6.61. The van der Waals surface area contributed by atoms with E-state index in [1.54, 1.807) is 6.07 Å². The molecule has 0 saturated heterocycles. The first kappa shape index (κ1) is 23.6. The van der Waals surface area contributed by atoms with Crippen LogP contribution in [0.3, 0.4) is 0 Å². The molecule has 3 aliphatic carbocycles. The van der Waals surface area contributed by atoms with Gasteiger partial charge in [-0.3, -0.25) is 0 Å². The van der Waals surface area contributed by atoms with Gasteiger partial charge in [-0.25, -0.2) is 14.8 Å². The minimum atomic E-state index is -0.993. The Labute approximate surface area is 213 Å². The van der Waals surface area contributed by atoms with E-state index < -0.39 is 5.97 Å². The molecule has 1 N–H and O–H groups in total. The molecule has 2 heterocycles. The molecule has 2 aromatic heterocycles. The number of aromatic nitrogens is 2. The van der Waals surface area contributed by atoms with Gasteiger partial charge in [0.1, 0.15) is 17.0 Å². The van der Waals surface area contributed by atoms with Crippen molar-refractivity contribution in [3.05, 3.63) is 34.7 Å². The number of thiazole rings is 1. The van der Waals surface area contributed by atoms with Gasteiger partial charge in [-0.2, -0.15) is 0 Å². The fourth-order valence-corrected chi connectivity index (χ4v) is 5.82. The molecule has 1 atom stereocenters. The zero-order chi connectivity index (χ0) is 24.6. The molecule has 3 aromatic rings. The minimum Gasteiger partial charge on any atom is -0.494 e. The van der Waals surface area contributed by atoms with E-state index in [1.807, 2.05) is 6.21 Å². The molecule has 8 nitrogen and oxygen atoms in total. The SMILES string of the molecule is COc1cc(C(=O)O)cc2sc(/N=C/C[C@H](CC3CCC3)OCc3c(C4CC4)noc3C3CC3)nc12. The Morgan fingerprint density at radius 1 is 1.25 bits per heavy atom. The van der Waals surface area contributed by atoms with Crippen LogP contribution in [-0.2, 0) is 11.3 Å². The molecule has 36 heavy (non-hydrogen) atoms. The van der Waals surface area contributed by atoms with E-state index >= 15 is 0 Å². The Morgan fingerprint density at radius 2 is 2.06 bits per heavy atom. The Balaban J connectivity index is 1.16. The number of carboxylic acids is 1. The second-order valence-corrected chi connectivity index (χ2v) is 11.3. The van der Waals surface area contributed by atoms with Crippen LogP contribution < -0.4 is 4.74 Å². The van der Waals surface area contributed by atoms with Crippen LogP contribution in [0.4, 0.5) is 5.13 Å². The molecule has 0 amide bonds. The monoisotopic (exact) mass is 509 g/mol. The van der Waals surface area contributed by atoms with Gasteiger partial charge >= 0.3 is 5.97 Å². The Morgan fingerprint density at radius 3 is 2.72 bits per heavy atom. The summed E-state index contributed by atoms with van der Waals surface area (Å²) in [6, 6.07) is 3.12. The number of benzene rings is 1. The third kappa shape index (κ3) is 5.04. The molecule has 190 valence electrons. The number of hydrogen-bond donors (Lipinski definition) is 1. The van der Waals surface area contributed by atoms with E-state index in [-0.39, 0.29) is 11.7 Å². The van der Waals surface area contributed by atoms with Gasteiger partial charge in [-0.15, -0.1) is 0 Å². The van der Waals surface area contributed by atoms with Crippen molar-refractivity contribution in [1.82, 2.24) is 10.1 Å². The first-order valence-electron chi connectivity index (χ1n) is 12.9. The molecule has 9 heteroatoms. The van der Waals surface area contributed by atoms with Crippen molar-refractivity contribution in [2.24, 2.45) is 10.9 Å². The fraction of sp³-hybridized carbons (Fsp3) is 0.556. The van der Waals surface area contributed by atoms with E-state index in [0.29, 0.717) is 41.3 Å². The Kier molecular flexibility index (Phi) is 6.52. The normalized spacial score (nSPS) is 19.1. The highest BCUT2D eigenvalue weighted by Gasteiger charge is 2.37. The predicted molar refractivity (Wildman–Crippen MR) is 137 cm³/mol. The fourth-order valence-electron chi connectivity index (χ4n) is 4.93. The number of aliphatic imine (C=N–C) groups is 1. The number of nitrogens with zero attached hydrogens (tertiary/aromatic N) is 3. The lowest BCUT2D eigenvalue weighted by molar-refractivity contribution is 0.0196. The van der Waals surface area contributed by atoms with E-state index in [4.69, 9.17) is 14.0 Å². The van der Waals surface area contributed by atoms with Gasteiger partial charge in [0.2, 0.25) is 5.13 Å². The van der Waals surface area contributed by atoms with Crippen LogP contribution in [0, 0.1) is 5.92 Å². The van der Waals surface area contributed by atoms with Crippen molar-refractivity contribution >= 4 is 38.9 Å². The zero-order valence-electron chi connectivity index (χ0n) is 20.4. The summed E-state index contributed by atoms with van der Waals surface area (Å²) in [4.78, 5) is 20.6. The molecule has 3 saturated carbocycles. The summed E-state index contributed by atoms with van der Waals surface area (Å²) >= 11 is 1.36. The Bertz CT molecular complexity index is 1260. The summed E-state index contributed by atoms with van der Waals surface area (Å²) in [6.07, 6.45) is 12.3. The first-order chi connectivity index (χ1) is 17.6. The highest BCUT2D eigenvalue weighted by Crippen LogP contribution is 2.48. The van der Waals surface area contributed by atoms with Crippen molar-refractivity contribution in [3.63, 3.8) is 0 Å². The summed E-state index contributed by atoms with van der Waals surface area (Å²) in [7, 11) is 1.52. The second kappa shape index (κ2) is 9.94. The lowest BCUT2D eigenvalue weighted by atomic mass is 9.81. The van der Waals surface area contributed by atoms with Crippen molar-refractivity contribution < 1.29 is 23.9 Å². The smallest absolute Gasteiger partial charge is 0.335 e. The van der Waals surface area contributed by atoms with Crippen LogP contribution in [0.5, 0.6) is 5.75 Å². The first-order valence-corrected chi connectivity index (χ1v) is 13.7. The molecule has 0 spiro atoms.